The van der Waals surface area contributed by atoms with Gasteiger partial charge in [0.15, 0.2) is 0 Å². The highest BCUT2D eigenvalue weighted by Gasteiger charge is 2.06. The summed E-state index contributed by atoms with van der Waals surface area (Å²) in [6.07, 6.45) is 1.28. The molecule has 7 heteroatoms. The van der Waals surface area contributed by atoms with Crippen LogP contribution in [0.3, 0.4) is 0 Å². The number of carboxylic acids is 1. The molecule has 1 aromatic carbocycles. The highest BCUT2D eigenvalue weighted by atomic mass is 79.9. The van der Waals surface area contributed by atoms with Gasteiger partial charge in [0.1, 0.15) is 0 Å². The number of thioether (sulfide) groups is 1. The van der Waals surface area contributed by atoms with Gasteiger partial charge in [0.05, 0.1) is 16.3 Å². The monoisotopic (exact) mass is 366 g/mol. The Kier molecular flexibility index (Phi) is 5.35. The van der Waals surface area contributed by atoms with Crippen molar-refractivity contribution in [2.24, 2.45) is 0 Å². The molecular weight excluding hydrogens is 356 g/mol. The van der Waals surface area contributed by atoms with Crippen LogP contribution in [-0.2, 0) is 4.79 Å². The Morgan fingerprint density at radius 3 is 2.48 bits per heavy atom. The first-order chi connectivity index (χ1) is 10.0. The van der Waals surface area contributed by atoms with E-state index in [1.807, 2.05) is 12.1 Å². The van der Waals surface area contributed by atoms with E-state index >= 15 is 0 Å². The summed E-state index contributed by atoms with van der Waals surface area (Å²) < 4.78 is 0.942. The van der Waals surface area contributed by atoms with E-state index in [1.54, 1.807) is 18.2 Å². The molecule has 1 heterocycles. The molecule has 0 saturated carbocycles. The fourth-order valence-corrected chi connectivity index (χ4v) is 2.37. The summed E-state index contributed by atoms with van der Waals surface area (Å²) in [6.45, 7) is 0. The summed E-state index contributed by atoms with van der Waals surface area (Å²) in [5.41, 5.74) is 0.844. The van der Waals surface area contributed by atoms with E-state index in [0.29, 0.717) is 5.03 Å². The van der Waals surface area contributed by atoms with E-state index in [-0.39, 0.29) is 17.2 Å². The number of hydrogen-bond acceptors (Lipinski definition) is 4. The van der Waals surface area contributed by atoms with Crippen molar-refractivity contribution in [2.75, 3.05) is 11.1 Å². The number of anilines is 1. The van der Waals surface area contributed by atoms with Gasteiger partial charge in [0.25, 0.3) is 0 Å². The summed E-state index contributed by atoms with van der Waals surface area (Å²) in [6, 6.07) is 10.3. The van der Waals surface area contributed by atoms with Crippen LogP contribution in [0.5, 0.6) is 0 Å². The number of pyridine rings is 1. The average molecular weight is 367 g/mol. The van der Waals surface area contributed by atoms with Crippen LogP contribution in [0.4, 0.5) is 5.69 Å². The van der Waals surface area contributed by atoms with Crippen molar-refractivity contribution in [2.45, 2.75) is 5.03 Å². The lowest BCUT2D eigenvalue weighted by molar-refractivity contribution is -0.113. The molecule has 0 bridgehead atoms. The first kappa shape index (κ1) is 15.5. The summed E-state index contributed by atoms with van der Waals surface area (Å²) in [5, 5.41) is 12.1. The first-order valence-electron chi connectivity index (χ1n) is 5.92. The highest BCUT2D eigenvalue weighted by molar-refractivity contribution is 9.10. The molecular formula is C14H11BrN2O3S. The molecule has 0 saturated heterocycles. The van der Waals surface area contributed by atoms with Crippen LogP contribution < -0.4 is 5.32 Å². The molecule has 21 heavy (non-hydrogen) atoms. The number of nitrogens with one attached hydrogen (secondary N) is 1. The molecule has 1 aromatic heterocycles. The lowest BCUT2D eigenvalue weighted by Gasteiger charge is -2.05. The average Bonchev–Trinajstić information content (AvgIpc) is 2.48. The number of rotatable bonds is 5. The number of amides is 1. The number of carbonyl (C=O) groups excluding carboxylic acids is 1. The minimum atomic E-state index is -1.02. The zero-order valence-corrected chi connectivity index (χ0v) is 13.1. The van der Waals surface area contributed by atoms with E-state index in [1.165, 1.54) is 24.0 Å². The van der Waals surface area contributed by atoms with Crippen LogP contribution in [0.2, 0.25) is 0 Å². The lowest BCUT2D eigenvalue weighted by Crippen LogP contribution is -2.14. The van der Waals surface area contributed by atoms with Gasteiger partial charge in [-0.2, -0.15) is 0 Å². The molecule has 5 nitrogen and oxygen atoms in total. The van der Waals surface area contributed by atoms with E-state index in [0.717, 1.165) is 10.2 Å². The van der Waals surface area contributed by atoms with Gasteiger partial charge < -0.3 is 10.4 Å². The topological polar surface area (TPSA) is 79.3 Å². The summed E-state index contributed by atoms with van der Waals surface area (Å²) in [7, 11) is 0. The molecule has 2 rings (SSSR count). The van der Waals surface area contributed by atoms with Gasteiger partial charge in [-0.1, -0.05) is 27.7 Å². The maximum Gasteiger partial charge on any atom is 0.337 e. The fourth-order valence-electron chi connectivity index (χ4n) is 1.46. The van der Waals surface area contributed by atoms with Crippen molar-refractivity contribution in [1.82, 2.24) is 4.98 Å². The van der Waals surface area contributed by atoms with Crippen molar-refractivity contribution in [3.63, 3.8) is 0 Å². The molecule has 0 fully saturated rings. The molecule has 0 aliphatic rings. The SMILES string of the molecule is O=C(CSc1ccc(C(=O)O)cn1)Nc1ccc(Br)cc1. The number of hydrogen-bond donors (Lipinski definition) is 2. The number of benzene rings is 1. The minimum absolute atomic E-state index is 0.124. The molecule has 108 valence electrons. The largest absolute Gasteiger partial charge is 0.478 e. The maximum absolute atomic E-state index is 11.8. The van der Waals surface area contributed by atoms with Gasteiger partial charge in [-0.05, 0) is 36.4 Å². The van der Waals surface area contributed by atoms with Crippen molar-refractivity contribution in [3.05, 3.63) is 52.6 Å². The Morgan fingerprint density at radius 2 is 1.90 bits per heavy atom. The van der Waals surface area contributed by atoms with Gasteiger partial charge in [-0.3, -0.25) is 4.79 Å². The van der Waals surface area contributed by atoms with Crippen LogP contribution in [0.25, 0.3) is 0 Å². The van der Waals surface area contributed by atoms with Crippen LogP contribution in [-0.4, -0.2) is 27.7 Å². The number of aromatic carboxylic acids is 1. The fraction of sp³-hybridized carbons (Fsp3) is 0.0714. The minimum Gasteiger partial charge on any atom is -0.478 e. The Bertz CT molecular complexity index is 644. The van der Waals surface area contributed by atoms with Crippen molar-refractivity contribution in [1.29, 1.82) is 0 Å². The molecule has 1 amide bonds. The summed E-state index contributed by atoms with van der Waals surface area (Å²) in [5.74, 6) is -0.964. The quantitative estimate of drug-likeness (QED) is 0.793. The third kappa shape index (κ3) is 4.87. The van der Waals surface area contributed by atoms with E-state index < -0.39 is 5.97 Å². The van der Waals surface area contributed by atoms with Gasteiger partial charge in [0.2, 0.25) is 5.91 Å². The molecule has 2 N–H and O–H groups in total. The smallest absolute Gasteiger partial charge is 0.337 e. The predicted molar refractivity (Wildman–Crippen MR) is 84.7 cm³/mol. The second kappa shape index (κ2) is 7.24. The normalized spacial score (nSPS) is 10.1. The second-order valence-electron chi connectivity index (χ2n) is 4.03. The van der Waals surface area contributed by atoms with Gasteiger partial charge in [0, 0.05) is 16.4 Å². The molecule has 0 aliphatic carbocycles. The zero-order chi connectivity index (χ0) is 15.2. The van der Waals surface area contributed by atoms with Gasteiger partial charge in [-0.25, -0.2) is 9.78 Å². The standard InChI is InChI=1S/C14H11BrN2O3S/c15-10-2-4-11(5-3-10)17-12(18)8-21-13-6-1-9(7-16-13)14(19)20/h1-7H,8H2,(H,17,18)(H,19,20). The van der Waals surface area contributed by atoms with Gasteiger partial charge in [-0.15, -0.1) is 0 Å². The van der Waals surface area contributed by atoms with Crippen molar-refractivity contribution < 1.29 is 14.7 Å². The second-order valence-corrected chi connectivity index (χ2v) is 5.95. The number of aromatic nitrogens is 1. The van der Waals surface area contributed by atoms with E-state index in [4.69, 9.17) is 5.11 Å². The van der Waals surface area contributed by atoms with Crippen LogP contribution >= 0.6 is 27.7 Å². The van der Waals surface area contributed by atoms with Crippen molar-refractivity contribution in [3.8, 4) is 0 Å². The molecule has 2 aromatic rings. The number of nitrogens with zero attached hydrogens (tertiary/aromatic N) is 1. The molecule has 0 unspecified atom stereocenters. The highest BCUT2D eigenvalue weighted by Crippen LogP contribution is 2.17. The number of carbonyl (C=O) groups is 2. The van der Waals surface area contributed by atoms with Gasteiger partial charge >= 0.3 is 5.97 Å². The zero-order valence-electron chi connectivity index (χ0n) is 10.7. The summed E-state index contributed by atoms with van der Waals surface area (Å²) >= 11 is 4.57. The van der Waals surface area contributed by atoms with Crippen LogP contribution in [0, 0.1) is 0 Å². The Balaban J connectivity index is 1.86. The summed E-state index contributed by atoms with van der Waals surface area (Å²) in [4.78, 5) is 26.5. The Morgan fingerprint density at radius 1 is 1.19 bits per heavy atom. The van der Waals surface area contributed by atoms with Crippen molar-refractivity contribution >= 4 is 45.3 Å². The van der Waals surface area contributed by atoms with Crippen LogP contribution in [0.1, 0.15) is 10.4 Å². The van der Waals surface area contributed by atoms with Crippen LogP contribution in [0.15, 0.2) is 52.1 Å². The maximum atomic E-state index is 11.8. The third-order valence-corrected chi connectivity index (χ3v) is 3.93. The van der Waals surface area contributed by atoms with E-state index in [2.05, 4.69) is 26.2 Å². The third-order valence-electron chi connectivity index (χ3n) is 2.46. The number of carboxylic acid groups (broad SMARTS) is 1. The Hall–Kier alpha value is -1.86. The number of halogens is 1. The molecule has 0 spiro atoms. The molecule has 0 radical (unpaired) electrons. The molecule has 0 atom stereocenters. The van der Waals surface area contributed by atoms with E-state index in [9.17, 15) is 9.59 Å². The predicted octanol–water partition coefficient (Wildman–Crippen LogP) is 3.27. The molecule has 0 aliphatic heterocycles. The lowest BCUT2D eigenvalue weighted by atomic mass is 10.3. The first-order valence-corrected chi connectivity index (χ1v) is 7.70. The Labute approximate surface area is 133 Å².